The Kier molecular flexibility index (Phi) is 2.76. The van der Waals surface area contributed by atoms with Crippen LogP contribution in [0.1, 0.15) is 17.1 Å². The molecule has 0 aromatic carbocycles. The van der Waals surface area contributed by atoms with Gasteiger partial charge in [0.2, 0.25) is 0 Å². The van der Waals surface area contributed by atoms with Crippen LogP contribution in [-0.4, -0.2) is 14.4 Å². The Hall–Kier alpha value is -1.88. The van der Waals surface area contributed by atoms with Crippen LogP contribution in [0.4, 0.5) is 5.69 Å². The molecule has 0 saturated heterocycles. The highest BCUT2D eigenvalue weighted by Crippen LogP contribution is 2.18. The van der Waals surface area contributed by atoms with Gasteiger partial charge in [-0.05, 0) is 26.0 Å². The Morgan fingerprint density at radius 1 is 1.33 bits per heavy atom. The molecule has 4 nitrogen and oxygen atoms in total. The topological polar surface area (TPSA) is 42.2 Å². The number of nitrogens with one attached hydrogen (secondary N) is 1. The van der Waals surface area contributed by atoms with Crippen LogP contribution in [0.5, 0.6) is 0 Å². The lowest BCUT2D eigenvalue weighted by Crippen LogP contribution is -2.05. The molecule has 3 aromatic heterocycles. The van der Waals surface area contributed by atoms with Crippen molar-refractivity contribution in [2.24, 2.45) is 0 Å². The molecule has 0 fully saturated rings. The van der Waals surface area contributed by atoms with E-state index in [1.54, 1.807) is 11.3 Å². The monoisotopic (exact) mass is 258 g/mol. The quantitative estimate of drug-likeness (QED) is 0.785. The van der Waals surface area contributed by atoms with Crippen molar-refractivity contribution in [3.05, 3.63) is 47.0 Å². The number of rotatable bonds is 3. The van der Waals surface area contributed by atoms with Gasteiger partial charge in [-0.25, -0.2) is 4.98 Å². The minimum absolute atomic E-state index is 0.760. The van der Waals surface area contributed by atoms with Crippen LogP contribution in [0.15, 0.2) is 29.9 Å². The summed E-state index contributed by atoms with van der Waals surface area (Å²) in [6, 6.07) is 3.99. The van der Waals surface area contributed by atoms with Crippen LogP contribution >= 0.6 is 11.3 Å². The lowest BCUT2D eigenvalue weighted by atomic mass is 10.3. The van der Waals surface area contributed by atoms with Crippen LogP contribution in [0, 0.1) is 13.8 Å². The summed E-state index contributed by atoms with van der Waals surface area (Å²) in [6.45, 7) is 4.81. The van der Waals surface area contributed by atoms with Crippen molar-refractivity contribution in [3.63, 3.8) is 0 Å². The van der Waals surface area contributed by atoms with Crippen molar-refractivity contribution in [1.29, 1.82) is 0 Å². The SMILES string of the molecule is Cc1ncccc1NCc1c(C)nc2sccn12. The van der Waals surface area contributed by atoms with Gasteiger partial charge in [0.25, 0.3) is 0 Å². The fourth-order valence-corrected chi connectivity index (χ4v) is 2.78. The highest BCUT2D eigenvalue weighted by atomic mass is 32.1. The average molecular weight is 258 g/mol. The molecule has 0 unspecified atom stereocenters. The molecule has 1 N–H and O–H groups in total. The first-order valence-corrected chi connectivity index (χ1v) is 6.70. The molecule has 5 heteroatoms. The van der Waals surface area contributed by atoms with Crippen LogP contribution in [0.3, 0.4) is 0 Å². The molecule has 0 aliphatic carbocycles. The predicted octanol–water partition coefficient (Wildman–Crippen LogP) is 3.02. The number of hydrogen-bond donors (Lipinski definition) is 1. The first-order valence-electron chi connectivity index (χ1n) is 5.82. The van der Waals surface area contributed by atoms with Gasteiger partial charge in [-0.3, -0.25) is 9.38 Å². The van der Waals surface area contributed by atoms with Crippen molar-refractivity contribution in [2.45, 2.75) is 20.4 Å². The fraction of sp³-hybridized carbons (Fsp3) is 0.231. The van der Waals surface area contributed by atoms with Gasteiger partial charge in [0, 0.05) is 17.8 Å². The summed E-state index contributed by atoms with van der Waals surface area (Å²) in [6.07, 6.45) is 3.87. The minimum atomic E-state index is 0.760. The molecule has 3 heterocycles. The highest BCUT2D eigenvalue weighted by Gasteiger charge is 2.09. The summed E-state index contributed by atoms with van der Waals surface area (Å²) in [7, 11) is 0. The number of aromatic nitrogens is 3. The largest absolute Gasteiger partial charge is 0.378 e. The third-order valence-corrected chi connectivity index (χ3v) is 3.77. The summed E-state index contributed by atoms with van der Waals surface area (Å²) in [5.41, 5.74) is 4.37. The van der Waals surface area contributed by atoms with Gasteiger partial charge in [-0.15, -0.1) is 11.3 Å². The maximum atomic E-state index is 4.53. The smallest absolute Gasteiger partial charge is 0.194 e. The predicted molar refractivity (Wildman–Crippen MR) is 74.1 cm³/mol. The molecule has 0 aliphatic heterocycles. The van der Waals surface area contributed by atoms with Gasteiger partial charge >= 0.3 is 0 Å². The molecular weight excluding hydrogens is 244 g/mol. The van der Waals surface area contributed by atoms with Gasteiger partial charge in [0.15, 0.2) is 4.96 Å². The van der Waals surface area contributed by atoms with E-state index in [-0.39, 0.29) is 0 Å². The number of hydrogen-bond acceptors (Lipinski definition) is 4. The van der Waals surface area contributed by atoms with E-state index in [2.05, 4.69) is 31.3 Å². The molecule has 92 valence electrons. The molecule has 0 saturated carbocycles. The maximum absolute atomic E-state index is 4.53. The van der Waals surface area contributed by atoms with Gasteiger partial charge in [-0.1, -0.05) is 0 Å². The molecule has 3 rings (SSSR count). The number of thiazole rings is 1. The van der Waals surface area contributed by atoms with Crippen molar-refractivity contribution in [1.82, 2.24) is 14.4 Å². The van der Waals surface area contributed by atoms with Crippen LogP contribution < -0.4 is 5.32 Å². The Bertz CT molecular complexity index is 683. The van der Waals surface area contributed by atoms with E-state index in [1.807, 2.05) is 32.2 Å². The average Bonchev–Trinajstić information content (AvgIpc) is 2.90. The third kappa shape index (κ3) is 1.86. The summed E-state index contributed by atoms with van der Waals surface area (Å²) < 4.78 is 2.14. The van der Waals surface area contributed by atoms with Crippen molar-refractivity contribution in [3.8, 4) is 0 Å². The Labute approximate surface area is 109 Å². The van der Waals surface area contributed by atoms with E-state index >= 15 is 0 Å². The number of imidazole rings is 1. The van der Waals surface area contributed by atoms with Gasteiger partial charge in [0.1, 0.15) is 0 Å². The van der Waals surface area contributed by atoms with E-state index in [0.717, 1.165) is 28.6 Å². The lowest BCUT2D eigenvalue weighted by Gasteiger charge is -2.08. The molecule has 18 heavy (non-hydrogen) atoms. The zero-order valence-corrected chi connectivity index (χ0v) is 11.2. The summed E-state index contributed by atoms with van der Waals surface area (Å²) in [4.78, 5) is 9.85. The summed E-state index contributed by atoms with van der Waals surface area (Å²) in [5, 5.41) is 5.48. The summed E-state index contributed by atoms with van der Waals surface area (Å²) in [5.74, 6) is 0. The van der Waals surface area contributed by atoms with Crippen molar-refractivity contribution in [2.75, 3.05) is 5.32 Å². The molecule has 0 bridgehead atoms. The first-order chi connectivity index (χ1) is 8.75. The minimum Gasteiger partial charge on any atom is -0.378 e. The van der Waals surface area contributed by atoms with Crippen LogP contribution in [0.2, 0.25) is 0 Å². The number of aryl methyl sites for hydroxylation is 2. The number of anilines is 1. The van der Waals surface area contributed by atoms with Crippen LogP contribution in [-0.2, 0) is 6.54 Å². The zero-order valence-electron chi connectivity index (χ0n) is 10.3. The molecule has 3 aromatic rings. The lowest BCUT2D eigenvalue weighted by molar-refractivity contribution is 0.987. The number of fused-ring (bicyclic) bond motifs is 1. The second-order valence-corrected chi connectivity index (χ2v) is 5.06. The van der Waals surface area contributed by atoms with Crippen LogP contribution in [0.25, 0.3) is 4.96 Å². The molecule has 0 amide bonds. The van der Waals surface area contributed by atoms with Gasteiger partial charge in [-0.2, -0.15) is 0 Å². The van der Waals surface area contributed by atoms with E-state index in [0.29, 0.717) is 0 Å². The fourth-order valence-electron chi connectivity index (χ4n) is 2.00. The molecule has 0 aliphatic rings. The molecule has 0 atom stereocenters. The third-order valence-electron chi connectivity index (χ3n) is 3.01. The standard InChI is InChI=1S/C13H14N4S/c1-9-11(4-3-5-14-9)15-8-12-10(2)16-13-17(12)6-7-18-13/h3-7,15H,8H2,1-2H3. The second kappa shape index (κ2) is 4.42. The van der Waals surface area contributed by atoms with Gasteiger partial charge in [0.05, 0.1) is 29.3 Å². The molecule has 0 radical (unpaired) electrons. The van der Waals surface area contributed by atoms with Gasteiger partial charge < -0.3 is 5.32 Å². The van der Waals surface area contributed by atoms with E-state index < -0.39 is 0 Å². The Morgan fingerprint density at radius 2 is 2.22 bits per heavy atom. The Morgan fingerprint density at radius 3 is 3.06 bits per heavy atom. The van der Waals surface area contributed by atoms with E-state index in [4.69, 9.17) is 0 Å². The zero-order chi connectivity index (χ0) is 12.5. The molecule has 0 spiro atoms. The normalized spacial score (nSPS) is 11.0. The molecular formula is C13H14N4S. The maximum Gasteiger partial charge on any atom is 0.194 e. The Balaban J connectivity index is 1.87. The number of nitrogens with zero attached hydrogens (tertiary/aromatic N) is 3. The van der Waals surface area contributed by atoms with Crippen molar-refractivity contribution >= 4 is 22.0 Å². The number of pyridine rings is 1. The second-order valence-electron chi connectivity index (χ2n) is 4.19. The van der Waals surface area contributed by atoms with E-state index in [1.165, 1.54) is 5.69 Å². The first kappa shape index (κ1) is 11.2. The highest BCUT2D eigenvalue weighted by molar-refractivity contribution is 7.15. The van der Waals surface area contributed by atoms with E-state index in [9.17, 15) is 0 Å². The van der Waals surface area contributed by atoms with Crippen molar-refractivity contribution < 1.29 is 0 Å². The summed E-state index contributed by atoms with van der Waals surface area (Å²) >= 11 is 1.66.